The molecule has 1 heterocycles. The normalized spacial score (nSPS) is 10.5. The minimum atomic E-state index is 0.431. The van der Waals surface area contributed by atoms with E-state index in [4.69, 9.17) is 9.83 Å². The van der Waals surface area contributed by atoms with Crippen LogP contribution in [0.5, 0.6) is 0 Å². The standard InChI is InChI=1S/C29H23N3O/c1-4-12-23(13-5-1)22-33-32-28(20-21-30-32)26-18-10-11-19-27(26)31-29(24-14-6-2-7-15-24)25-16-8-3-9-17-25/h1-21H,22H2. The third-order valence-electron chi connectivity index (χ3n) is 5.31. The Morgan fingerprint density at radius 3 is 1.91 bits per heavy atom. The van der Waals surface area contributed by atoms with Gasteiger partial charge in [-0.15, -0.1) is 5.10 Å². The molecular weight excluding hydrogens is 406 g/mol. The Kier molecular flexibility index (Phi) is 6.07. The monoisotopic (exact) mass is 429 g/mol. The lowest BCUT2D eigenvalue weighted by molar-refractivity contribution is 0.0737. The second-order valence-corrected chi connectivity index (χ2v) is 7.56. The van der Waals surface area contributed by atoms with Crippen molar-refractivity contribution in [2.75, 3.05) is 0 Å². The number of rotatable bonds is 7. The van der Waals surface area contributed by atoms with E-state index in [2.05, 4.69) is 29.4 Å². The third-order valence-corrected chi connectivity index (χ3v) is 5.31. The third kappa shape index (κ3) is 4.75. The topological polar surface area (TPSA) is 39.4 Å². The van der Waals surface area contributed by atoms with E-state index in [-0.39, 0.29) is 0 Å². The van der Waals surface area contributed by atoms with Gasteiger partial charge in [-0.2, -0.15) is 0 Å². The summed E-state index contributed by atoms with van der Waals surface area (Å²) in [6.45, 7) is 0.431. The highest BCUT2D eigenvalue weighted by Gasteiger charge is 2.13. The van der Waals surface area contributed by atoms with Crippen molar-refractivity contribution in [3.63, 3.8) is 0 Å². The fourth-order valence-electron chi connectivity index (χ4n) is 3.69. The van der Waals surface area contributed by atoms with Crippen LogP contribution < -0.4 is 4.84 Å². The Labute approximate surface area is 193 Å². The molecule has 5 aromatic rings. The summed E-state index contributed by atoms with van der Waals surface area (Å²) in [5, 5.41) is 4.39. The molecule has 0 aliphatic carbocycles. The molecule has 4 heteroatoms. The molecule has 0 unspecified atom stereocenters. The zero-order valence-corrected chi connectivity index (χ0v) is 18.1. The van der Waals surface area contributed by atoms with Gasteiger partial charge in [0.1, 0.15) is 12.3 Å². The summed E-state index contributed by atoms with van der Waals surface area (Å²) in [7, 11) is 0. The highest BCUT2D eigenvalue weighted by Crippen LogP contribution is 2.31. The van der Waals surface area contributed by atoms with Crippen molar-refractivity contribution in [1.82, 2.24) is 9.94 Å². The zero-order chi connectivity index (χ0) is 22.3. The highest BCUT2D eigenvalue weighted by molar-refractivity contribution is 6.14. The second kappa shape index (κ2) is 9.79. The van der Waals surface area contributed by atoms with Crippen molar-refractivity contribution in [2.24, 2.45) is 4.99 Å². The lowest BCUT2D eigenvalue weighted by Gasteiger charge is -2.13. The molecule has 4 aromatic carbocycles. The first-order chi connectivity index (χ1) is 16.4. The Morgan fingerprint density at radius 2 is 1.24 bits per heavy atom. The maximum absolute atomic E-state index is 6.00. The van der Waals surface area contributed by atoms with Gasteiger partial charge in [-0.3, -0.25) is 0 Å². The van der Waals surface area contributed by atoms with Gasteiger partial charge >= 0.3 is 0 Å². The Bertz CT molecular complexity index is 1300. The number of para-hydroxylation sites is 1. The average Bonchev–Trinajstić information content (AvgIpc) is 3.36. The molecule has 5 rings (SSSR count). The predicted octanol–water partition coefficient (Wildman–Crippen LogP) is 6.35. The molecule has 33 heavy (non-hydrogen) atoms. The van der Waals surface area contributed by atoms with Gasteiger partial charge in [0.2, 0.25) is 0 Å². The number of hydrogen-bond donors (Lipinski definition) is 0. The van der Waals surface area contributed by atoms with Crippen LogP contribution >= 0.6 is 0 Å². The fraction of sp³-hybridized carbons (Fsp3) is 0.0345. The summed E-state index contributed by atoms with van der Waals surface area (Å²) in [5.41, 5.74) is 6.78. The van der Waals surface area contributed by atoms with E-state index in [0.29, 0.717) is 6.61 Å². The van der Waals surface area contributed by atoms with Crippen LogP contribution in [0.4, 0.5) is 5.69 Å². The van der Waals surface area contributed by atoms with Gasteiger partial charge in [0, 0.05) is 16.7 Å². The fourth-order valence-corrected chi connectivity index (χ4v) is 3.69. The Hall–Kier alpha value is -4.44. The molecule has 0 bridgehead atoms. The predicted molar refractivity (Wildman–Crippen MR) is 133 cm³/mol. The molecule has 0 saturated heterocycles. The van der Waals surface area contributed by atoms with Crippen LogP contribution in [0.1, 0.15) is 16.7 Å². The van der Waals surface area contributed by atoms with Crippen LogP contribution in [0.3, 0.4) is 0 Å². The van der Waals surface area contributed by atoms with Gasteiger partial charge < -0.3 is 4.84 Å². The molecule has 0 aliphatic heterocycles. The van der Waals surface area contributed by atoms with Crippen LogP contribution in [0.25, 0.3) is 11.3 Å². The molecule has 160 valence electrons. The number of benzene rings is 4. The first kappa shape index (κ1) is 20.5. The van der Waals surface area contributed by atoms with E-state index >= 15 is 0 Å². The molecule has 0 amide bonds. The lowest BCUT2D eigenvalue weighted by atomic mass is 10.0. The maximum atomic E-state index is 6.00. The van der Waals surface area contributed by atoms with E-state index in [9.17, 15) is 0 Å². The van der Waals surface area contributed by atoms with E-state index in [1.165, 1.54) is 0 Å². The van der Waals surface area contributed by atoms with Gasteiger partial charge in [-0.05, 0) is 17.7 Å². The van der Waals surface area contributed by atoms with E-state index in [1.54, 1.807) is 11.0 Å². The Morgan fingerprint density at radius 1 is 0.667 bits per heavy atom. The molecule has 0 aliphatic rings. The molecule has 0 radical (unpaired) electrons. The highest BCUT2D eigenvalue weighted by atomic mass is 16.7. The first-order valence-corrected chi connectivity index (χ1v) is 10.9. The van der Waals surface area contributed by atoms with Gasteiger partial charge in [0.05, 0.1) is 17.6 Å². The molecule has 1 aromatic heterocycles. The number of aromatic nitrogens is 2. The zero-order valence-electron chi connectivity index (χ0n) is 18.1. The summed E-state index contributed by atoms with van der Waals surface area (Å²) in [6.07, 6.45) is 1.75. The van der Waals surface area contributed by atoms with Crippen LogP contribution in [-0.2, 0) is 6.61 Å². The van der Waals surface area contributed by atoms with Crippen molar-refractivity contribution in [3.05, 3.63) is 144 Å². The molecule has 0 atom stereocenters. The van der Waals surface area contributed by atoms with E-state index in [1.807, 2.05) is 97.1 Å². The SMILES string of the molecule is c1ccc(COn2nccc2-c2ccccc2N=C(c2ccccc2)c2ccccc2)cc1. The summed E-state index contributed by atoms with van der Waals surface area (Å²) in [6, 6.07) is 40.6. The number of hydrogen-bond acceptors (Lipinski definition) is 3. The van der Waals surface area contributed by atoms with Crippen LogP contribution in [0.2, 0.25) is 0 Å². The van der Waals surface area contributed by atoms with Crippen LogP contribution in [-0.4, -0.2) is 15.7 Å². The Balaban J connectivity index is 1.54. The smallest absolute Gasteiger partial charge is 0.142 e. The molecular formula is C29H23N3O. The van der Waals surface area contributed by atoms with Crippen LogP contribution in [0, 0.1) is 0 Å². The van der Waals surface area contributed by atoms with Crippen molar-refractivity contribution < 1.29 is 4.84 Å². The summed E-state index contributed by atoms with van der Waals surface area (Å²) in [4.78, 5) is 12.7. The van der Waals surface area contributed by atoms with Gasteiger partial charge in [-0.1, -0.05) is 114 Å². The molecule has 0 saturated carbocycles. The van der Waals surface area contributed by atoms with Crippen molar-refractivity contribution in [1.29, 1.82) is 0 Å². The molecule has 0 N–H and O–H groups in total. The quantitative estimate of drug-likeness (QED) is 0.283. The lowest BCUT2D eigenvalue weighted by Crippen LogP contribution is -2.14. The van der Waals surface area contributed by atoms with Crippen molar-refractivity contribution in [3.8, 4) is 11.3 Å². The second-order valence-electron chi connectivity index (χ2n) is 7.56. The average molecular weight is 430 g/mol. The van der Waals surface area contributed by atoms with E-state index in [0.717, 1.165) is 39.3 Å². The van der Waals surface area contributed by atoms with Gasteiger partial charge in [0.25, 0.3) is 0 Å². The van der Waals surface area contributed by atoms with Gasteiger partial charge in [-0.25, -0.2) is 4.99 Å². The summed E-state index contributed by atoms with van der Waals surface area (Å²) < 4.78 is 0. The minimum Gasteiger partial charge on any atom is -0.391 e. The molecule has 0 spiro atoms. The molecule has 0 fully saturated rings. The number of aliphatic imine (C=N–C) groups is 1. The van der Waals surface area contributed by atoms with Gasteiger partial charge in [0.15, 0.2) is 0 Å². The summed E-state index contributed by atoms with van der Waals surface area (Å²) >= 11 is 0. The van der Waals surface area contributed by atoms with E-state index < -0.39 is 0 Å². The van der Waals surface area contributed by atoms with Crippen LogP contribution in [0.15, 0.2) is 133 Å². The van der Waals surface area contributed by atoms with Crippen molar-refractivity contribution >= 4 is 11.4 Å². The van der Waals surface area contributed by atoms with Crippen molar-refractivity contribution in [2.45, 2.75) is 6.61 Å². The summed E-state index contributed by atoms with van der Waals surface area (Å²) in [5.74, 6) is 0. The largest absolute Gasteiger partial charge is 0.391 e. The molecule has 4 nitrogen and oxygen atoms in total. The minimum absolute atomic E-state index is 0.431. The number of nitrogens with zero attached hydrogens (tertiary/aromatic N) is 3. The first-order valence-electron chi connectivity index (χ1n) is 10.9. The maximum Gasteiger partial charge on any atom is 0.142 e.